The Morgan fingerprint density at radius 2 is 2.37 bits per heavy atom. The maximum Gasteiger partial charge on any atom is 0.227 e. The van der Waals surface area contributed by atoms with Crippen molar-refractivity contribution in [1.29, 1.82) is 0 Å². The lowest BCUT2D eigenvalue weighted by molar-refractivity contribution is -0.122. The third-order valence-corrected chi connectivity index (χ3v) is 3.26. The highest BCUT2D eigenvalue weighted by Crippen LogP contribution is 2.31. The first-order chi connectivity index (χ1) is 9.33. The van der Waals surface area contributed by atoms with Gasteiger partial charge in [0.25, 0.3) is 0 Å². The first-order valence-corrected chi connectivity index (χ1v) is 6.66. The standard InChI is InChI=1S/C15H20N2O2/c1-2-19-11-5-9-17-15(18)13-8-10-16-14-7-4-3-6-12(13)14/h2-4,6-7,13,16H,1,5,8-11H2,(H,17,18). The molecule has 2 N–H and O–H groups in total. The second-order valence-electron chi connectivity index (χ2n) is 4.54. The molecular formula is C15H20N2O2. The molecule has 1 atom stereocenters. The molecule has 1 aromatic carbocycles. The zero-order valence-corrected chi connectivity index (χ0v) is 11.0. The van der Waals surface area contributed by atoms with Gasteiger partial charge in [0.05, 0.1) is 18.8 Å². The lowest BCUT2D eigenvalue weighted by Gasteiger charge is -2.25. The van der Waals surface area contributed by atoms with Crippen molar-refractivity contribution in [2.75, 3.05) is 25.0 Å². The molecule has 2 rings (SSSR count). The molecule has 0 fully saturated rings. The van der Waals surface area contributed by atoms with Crippen LogP contribution in [0.4, 0.5) is 5.69 Å². The number of anilines is 1. The van der Waals surface area contributed by atoms with Crippen LogP contribution >= 0.6 is 0 Å². The Labute approximate surface area is 113 Å². The number of rotatable bonds is 6. The van der Waals surface area contributed by atoms with Gasteiger partial charge in [-0.05, 0) is 24.5 Å². The number of hydrogen-bond donors (Lipinski definition) is 2. The van der Waals surface area contributed by atoms with E-state index in [0.29, 0.717) is 13.2 Å². The number of benzene rings is 1. The van der Waals surface area contributed by atoms with Crippen molar-refractivity contribution in [1.82, 2.24) is 5.32 Å². The van der Waals surface area contributed by atoms with E-state index in [2.05, 4.69) is 17.2 Å². The van der Waals surface area contributed by atoms with Crippen molar-refractivity contribution in [3.63, 3.8) is 0 Å². The van der Waals surface area contributed by atoms with Gasteiger partial charge in [0.1, 0.15) is 0 Å². The van der Waals surface area contributed by atoms with Gasteiger partial charge in [-0.1, -0.05) is 24.8 Å². The molecule has 1 aliphatic rings. The second kappa shape index (κ2) is 6.83. The molecular weight excluding hydrogens is 240 g/mol. The quantitative estimate of drug-likeness (QED) is 0.609. The van der Waals surface area contributed by atoms with Crippen molar-refractivity contribution < 1.29 is 9.53 Å². The Morgan fingerprint density at radius 3 is 3.21 bits per heavy atom. The summed E-state index contributed by atoms with van der Waals surface area (Å²) in [5.41, 5.74) is 2.16. The van der Waals surface area contributed by atoms with Crippen LogP contribution in [0.2, 0.25) is 0 Å². The number of nitrogens with one attached hydrogen (secondary N) is 2. The smallest absolute Gasteiger partial charge is 0.227 e. The number of para-hydroxylation sites is 1. The molecule has 1 aromatic rings. The largest absolute Gasteiger partial charge is 0.502 e. The average Bonchev–Trinajstić information content (AvgIpc) is 2.46. The van der Waals surface area contributed by atoms with E-state index in [1.165, 1.54) is 6.26 Å². The fraction of sp³-hybridized carbons (Fsp3) is 0.400. The van der Waals surface area contributed by atoms with Crippen molar-refractivity contribution in [3.8, 4) is 0 Å². The third-order valence-electron chi connectivity index (χ3n) is 3.26. The van der Waals surface area contributed by atoms with E-state index in [1.54, 1.807) is 0 Å². The van der Waals surface area contributed by atoms with E-state index in [0.717, 1.165) is 30.6 Å². The molecule has 4 heteroatoms. The highest BCUT2D eigenvalue weighted by Gasteiger charge is 2.25. The minimum Gasteiger partial charge on any atom is -0.502 e. The minimum absolute atomic E-state index is 0.0437. The SMILES string of the molecule is C=COCCCNC(=O)C1CCNc2ccccc21. The molecule has 1 aliphatic heterocycles. The summed E-state index contributed by atoms with van der Waals surface area (Å²) in [5, 5.41) is 6.29. The van der Waals surface area contributed by atoms with Crippen LogP contribution in [0.5, 0.6) is 0 Å². The van der Waals surface area contributed by atoms with Crippen molar-refractivity contribution >= 4 is 11.6 Å². The molecule has 0 aromatic heterocycles. The van der Waals surface area contributed by atoms with Crippen molar-refractivity contribution in [2.24, 2.45) is 0 Å². The molecule has 1 unspecified atom stereocenters. The van der Waals surface area contributed by atoms with E-state index < -0.39 is 0 Å². The summed E-state index contributed by atoms with van der Waals surface area (Å²) in [7, 11) is 0. The van der Waals surface area contributed by atoms with E-state index in [9.17, 15) is 4.79 Å². The number of ether oxygens (including phenoxy) is 1. The van der Waals surface area contributed by atoms with Gasteiger partial charge in [0, 0.05) is 18.8 Å². The monoisotopic (exact) mass is 260 g/mol. The molecule has 4 nitrogen and oxygen atoms in total. The fourth-order valence-corrected chi connectivity index (χ4v) is 2.31. The summed E-state index contributed by atoms with van der Waals surface area (Å²) in [5.74, 6) is 0.0605. The normalized spacial score (nSPS) is 16.9. The van der Waals surface area contributed by atoms with Crippen molar-refractivity contribution in [3.05, 3.63) is 42.7 Å². The third kappa shape index (κ3) is 3.50. The Morgan fingerprint density at radius 1 is 1.53 bits per heavy atom. The predicted octanol–water partition coefficient (Wildman–Crippen LogP) is 2.25. The number of amides is 1. The van der Waals surface area contributed by atoms with Crippen LogP contribution < -0.4 is 10.6 Å². The zero-order chi connectivity index (χ0) is 13.5. The summed E-state index contributed by atoms with van der Waals surface area (Å²) in [4.78, 5) is 12.2. The van der Waals surface area contributed by atoms with Crippen LogP contribution in [0.15, 0.2) is 37.1 Å². The number of fused-ring (bicyclic) bond motifs is 1. The summed E-state index contributed by atoms with van der Waals surface area (Å²) < 4.78 is 5.02. The van der Waals surface area contributed by atoms with Crippen LogP contribution in [-0.2, 0) is 9.53 Å². The number of carbonyl (C=O) groups is 1. The summed E-state index contributed by atoms with van der Waals surface area (Å²) >= 11 is 0. The maximum atomic E-state index is 12.2. The molecule has 19 heavy (non-hydrogen) atoms. The lowest BCUT2D eigenvalue weighted by Crippen LogP contribution is -2.33. The maximum absolute atomic E-state index is 12.2. The summed E-state index contributed by atoms with van der Waals surface area (Å²) in [6.07, 6.45) is 3.06. The van der Waals surface area contributed by atoms with E-state index in [4.69, 9.17) is 4.74 Å². The highest BCUT2D eigenvalue weighted by atomic mass is 16.5. The number of carbonyl (C=O) groups excluding carboxylic acids is 1. The van der Waals surface area contributed by atoms with Gasteiger partial charge >= 0.3 is 0 Å². The predicted molar refractivity (Wildman–Crippen MR) is 76.1 cm³/mol. The first-order valence-electron chi connectivity index (χ1n) is 6.66. The molecule has 102 valence electrons. The molecule has 0 spiro atoms. The zero-order valence-electron chi connectivity index (χ0n) is 11.0. The molecule has 1 heterocycles. The molecule has 1 amide bonds. The second-order valence-corrected chi connectivity index (χ2v) is 4.54. The molecule has 0 radical (unpaired) electrons. The first kappa shape index (κ1) is 13.5. The highest BCUT2D eigenvalue weighted by molar-refractivity contribution is 5.86. The Kier molecular flexibility index (Phi) is 4.84. The topological polar surface area (TPSA) is 50.4 Å². The van der Waals surface area contributed by atoms with Crippen LogP contribution in [0.1, 0.15) is 24.3 Å². The van der Waals surface area contributed by atoms with Gasteiger partial charge in [-0.2, -0.15) is 0 Å². The molecule has 0 saturated carbocycles. The van der Waals surface area contributed by atoms with Gasteiger partial charge in [-0.25, -0.2) is 0 Å². The molecule has 0 aliphatic carbocycles. The molecule has 0 saturated heterocycles. The van der Waals surface area contributed by atoms with Crippen LogP contribution in [-0.4, -0.2) is 25.6 Å². The Hall–Kier alpha value is -1.97. The average molecular weight is 260 g/mol. The van der Waals surface area contributed by atoms with E-state index in [1.807, 2.05) is 24.3 Å². The summed E-state index contributed by atoms with van der Waals surface area (Å²) in [6.45, 7) is 5.54. The van der Waals surface area contributed by atoms with Crippen LogP contribution in [0.25, 0.3) is 0 Å². The minimum atomic E-state index is -0.0437. The Bertz CT molecular complexity index is 446. The van der Waals surface area contributed by atoms with Gasteiger partial charge in [-0.3, -0.25) is 4.79 Å². The Balaban J connectivity index is 1.88. The van der Waals surface area contributed by atoms with Crippen LogP contribution in [0, 0.1) is 0 Å². The van der Waals surface area contributed by atoms with Crippen LogP contribution in [0.3, 0.4) is 0 Å². The van der Waals surface area contributed by atoms with Gasteiger partial charge in [0.2, 0.25) is 5.91 Å². The number of hydrogen-bond acceptors (Lipinski definition) is 3. The lowest BCUT2D eigenvalue weighted by atomic mass is 9.90. The fourth-order valence-electron chi connectivity index (χ4n) is 2.31. The van der Waals surface area contributed by atoms with Gasteiger partial charge in [0.15, 0.2) is 0 Å². The molecule has 0 bridgehead atoms. The van der Waals surface area contributed by atoms with Gasteiger partial charge in [-0.15, -0.1) is 0 Å². The van der Waals surface area contributed by atoms with Crippen molar-refractivity contribution in [2.45, 2.75) is 18.8 Å². The van der Waals surface area contributed by atoms with E-state index in [-0.39, 0.29) is 11.8 Å². The van der Waals surface area contributed by atoms with E-state index >= 15 is 0 Å². The summed E-state index contributed by atoms with van der Waals surface area (Å²) in [6, 6.07) is 8.00. The van der Waals surface area contributed by atoms with Gasteiger partial charge < -0.3 is 15.4 Å².